The lowest BCUT2D eigenvalue weighted by Gasteiger charge is -2.19. The lowest BCUT2D eigenvalue weighted by molar-refractivity contribution is -0.188. The Balaban J connectivity index is 2.16. The van der Waals surface area contributed by atoms with E-state index in [1.807, 2.05) is 0 Å². The van der Waals surface area contributed by atoms with E-state index in [0.717, 1.165) is 4.90 Å². The van der Waals surface area contributed by atoms with Crippen LogP contribution in [-0.4, -0.2) is 48.3 Å². The maximum absolute atomic E-state index is 13.0. The Morgan fingerprint density at radius 1 is 1.38 bits per heavy atom. The van der Waals surface area contributed by atoms with E-state index in [9.17, 15) is 22.8 Å². The molecule has 1 fully saturated rings. The van der Waals surface area contributed by atoms with Crippen LogP contribution in [0.2, 0.25) is 5.02 Å². The molecule has 5 nitrogen and oxygen atoms in total. The van der Waals surface area contributed by atoms with Crippen LogP contribution in [0.4, 0.5) is 13.2 Å². The maximum atomic E-state index is 13.0. The van der Waals surface area contributed by atoms with Crippen LogP contribution in [0.3, 0.4) is 0 Å². The van der Waals surface area contributed by atoms with Gasteiger partial charge in [0.1, 0.15) is 5.75 Å². The van der Waals surface area contributed by atoms with Crippen LogP contribution in [0.15, 0.2) is 18.2 Å². The molecule has 0 aromatic heterocycles. The second kappa shape index (κ2) is 6.88. The summed E-state index contributed by atoms with van der Waals surface area (Å²) in [4.78, 5) is 24.3. The summed E-state index contributed by atoms with van der Waals surface area (Å²) < 4.78 is 44.0. The molecular formula is C15H15ClF3NO4. The molecule has 0 unspecified atom stereocenters. The number of hydrogen-bond acceptors (Lipinski definition) is 3. The van der Waals surface area contributed by atoms with Gasteiger partial charge in [0.15, 0.2) is 0 Å². The van der Waals surface area contributed by atoms with Crippen molar-refractivity contribution in [3.05, 3.63) is 28.8 Å². The van der Waals surface area contributed by atoms with E-state index in [2.05, 4.69) is 0 Å². The van der Waals surface area contributed by atoms with E-state index in [4.69, 9.17) is 21.4 Å². The number of amides is 1. The quantitative estimate of drug-likeness (QED) is 0.890. The molecule has 1 aromatic carbocycles. The zero-order valence-electron chi connectivity index (χ0n) is 12.6. The van der Waals surface area contributed by atoms with Gasteiger partial charge >= 0.3 is 12.1 Å². The minimum absolute atomic E-state index is 0.222. The van der Waals surface area contributed by atoms with Gasteiger partial charge in [0.25, 0.3) is 0 Å². The molecule has 1 aromatic rings. The number of hydrogen-bond donors (Lipinski definition) is 1. The molecule has 0 aliphatic carbocycles. The van der Waals surface area contributed by atoms with Crippen LogP contribution in [-0.2, 0) is 16.0 Å². The highest BCUT2D eigenvalue weighted by molar-refractivity contribution is 6.30. The molecule has 2 rings (SSSR count). The number of carbonyl (C=O) groups excluding carboxylic acids is 1. The number of alkyl halides is 3. The molecule has 1 aliphatic rings. The summed E-state index contributed by atoms with van der Waals surface area (Å²) in [6.07, 6.45) is -4.90. The van der Waals surface area contributed by atoms with Crippen LogP contribution < -0.4 is 4.74 Å². The number of ether oxygens (including phenoxy) is 1. The second-order valence-electron chi connectivity index (χ2n) is 5.52. The third-order valence-corrected chi connectivity index (χ3v) is 4.23. The number of carboxylic acids is 1. The maximum Gasteiger partial charge on any atom is 0.394 e. The number of rotatable bonds is 4. The van der Waals surface area contributed by atoms with Crippen molar-refractivity contribution in [1.82, 2.24) is 4.90 Å². The van der Waals surface area contributed by atoms with E-state index in [1.54, 1.807) is 12.1 Å². The molecule has 0 radical (unpaired) electrons. The van der Waals surface area contributed by atoms with Crippen molar-refractivity contribution >= 4 is 23.5 Å². The molecule has 1 N–H and O–H groups in total. The third kappa shape index (κ3) is 3.92. The van der Waals surface area contributed by atoms with Gasteiger partial charge < -0.3 is 14.7 Å². The Morgan fingerprint density at radius 2 is 2.04 bits per heavy atom. The smallest absolute Gasteiger partial charge is 0.394 e. The number of methoxy groups -OCH3 is 1. The summed E-state index contributed by atoms with van der Waals surface area (Å²) >= 11 is 5.86. The number of nitrogens with zero attached hydrogens (tertiary/aromatic N) is 1. The molecular weight excluding hydrogens is 351 g/mol. The van der Waals surface area contributed by atoms with Crippen molar-refractivity contribution in [1.29, 1.82) is 0 Å². The standard InChI is InChI=1S/C15H15ClF3NO4/c1-24-12-3-2-9(16)4-8(12)5-13(21)20-6-10(14(22)23)11(7-20)15(17,18)19/h2-4,10-11H,5-7H2,1H3,(H,22,23)/t10-,11-/m1/s1. The summed E-state index contributed by atoms with van der Waals surface area (Å²) in [5.41, 5.74) is 0.428. The summed E-state index contributed by atoms with van der Waals surface area (Å²) in [6.45, 7) is -1.14. The molecule has 24 heavy (non-hydrogen) atoms. The largest absolute Gasteiger partial charge is 0.496 e. The summed E-state index contributed by atoms with van der Waals surface area (Å²) in [6, 6.07) is 4.60. The Labute approximate surface area is 141 Å². The van der Waals surface area contributed by atoms with Crippen LogP contribution >= 0.6 is 11.6 Å². The lowest BCUT2D eigenvalue weighted by Crippen LogP contribution is -2.34. The SMILES string of the molecule is COc1ccc(Cl)cc1CC(=O)N1C[C@@H](C(F)(F)F)[C@H](C(=O)O)C1. The van der Waals surface area contributed by atoms with Gasteiger partial charge in [0.05, 0.1) is 25.4 Å². The highest BCUT2D eigenvalue weighted by Gasteiger charge is 2.53. The van der Waals surface area contributed by atoms with Crippen LogP contribution in [0.5, 0.6) is 5.75 Å². The Hall–Kier alpha value is -1.96. The fourth-order valence-corrected chi connectivity index (χ4v) is 2.94. The number of carboxylic acid groups (broad SMARTS) is 1. The zero-order chi connectivity index (χ0) is 18.1. The zero-order valence-corrected chi connectivity index (χ0v) is 13.4. The fourth-order valence-electron chi connectivity index (χ4n) is 2.75. The van der Waals surface area contributed by atoms with Crippen LogP contribution in [0.25, 0.3) is 0 Å². The average molecular weight is 366 g/mol. The number of halogens is 4. The number of benzene rings is 1. The van der Waals surface area contributed by atoms with Gasteiger partial charge in [0, 0.05) is 23.7 Å². The average Bonchev–Trinajstić information content (AvgIpc) is 2.93. The minimum atomic E-state index is -4.67. The molecule has 1 saturated heterocycles. The van der Waals surface area contributed by atoms with Crippen molar-refractivity contribution in [2.75, 3.05) is 20.2 Å². The Bertz CT molecular complexity index is 650. The van der Waals surface area contributed by atoms with E-state index in [-0.39, 0.29) is 6.42 Å². The molecule has 1 heterocycles. The van der Waals surface area contributed by atoms with Crippen LogP contribution in [0, 0.1) is 11.8 Å². The predicted octanol–water partition coefficient (Wildman–Crippen LogP) is 2.61. The normalized spacial score (nSPS) is 21.0. The van der Waals surface area contributed by atoms with Gasteiger partial charge in [-0.2, -0.15) is 13.2 Å². The van der Waals surface area contributed by atoms with E-state index < -0.39 is 43.0 Å². The third-order valence-electron chi connectivity index (χ3n) is 3.99. The van der Waals surface area contributed by atoms with Crippen molar-refractivity contribution < 1.29 is 32.6 Å². The Morgan fingerprint density at radius 3 is 2.54 bits per heavy atom. The van der Waals surface area contributed by atoms with Crippen molar-refractivity contribution in [2.45, 2.75) is 12.6 Å². The van der Waals surface area contributed by atoms with Crippen molar-refractivity contribution in [2.24, 2.45) is 11.8 Å². The molecule has 1 amide bonds. The van der Waals surface area contributed by atoms with Crippen molar-refractivity contribution in [3.8, 4) is 5.75 Å². The number of carbonyl (C=O) groups is 2. The van der Waals surface area contributed by atoms with Crippen molar-refractivity contribution in [3.63, 3.8) is 0 Å². The molecule has 2 atom stereocenters. The van der Waals surface area contributed by atoms with E-state index in [1.165, 1.54) is 13.2 Å². The first-order valence-electron chi connectivity index (χ1n) is 7.03. The first-order chi connectivity index (χ1) is 11.1. The minimum Gasteiger partial charge on any atom is -0.496 e. The first-order valence-corrected chi connectivity index (χ1v) is 7.41. The Kier molecular flexibility index (Phi) is 5.27. The molecule has 132 valence electrons. The second-order valence-corrected chi connectivity index (χ2v) is 5.96. The van der Waals surface area contributed by atoms with E-state index in [0.29, 0.717) is 16.3 Å². The van der Waals surface area contributed by atoms with Gasteiger partial charge in [-0.25, -0.2) is 0 Å². The number of likely N-dealkylation sites (tertiary alicyclic amines) is 1. The predicted molar refractivity (Wildman–Crippen MR) is 79.0 cm³/mol. The van der Waals surface area contributed by atoms with E-state index >= 15 is 0 Å². The molecule has 1 aliphatic heterocycles. The first kappa shape index (κ1) is 18.4. The summed E-state index contributed by atoms with van der Waals surface area (Å²) in [5, 5.41) is 9.34. The number of aliphatic carboxylic acids is 1. The monoisotopic (exact) mass is 365 g/mol. The van der Waals surface area contributed by atoms with Gasteiger partial charge in [-0.1, -0.05) is 11.6 Å². The van der Waals surface area contributed by atoms with Gasteiger partial charge in [-0.15, -0.1) is 0 Å². The fraction of sp³-hybridized carbons (Fsp3) is 0.467. The molecule has 9 heteroatoms. The van der Waals surface area contributed by atoms with Gasteiger partial charge in [0.2, 0.25) is 5.91 Å². The van der Waals surface area contributed by atoms with Gasteiger partial charge in [-0.3, -0.25) is 9.59 Å². The lowest BCUT2D eigenvalue weighted by atomic mass is 9.96. The van der Waals surface area contributed by atoms with Crippen LogP contribution in [0.1, 0.15) is 5.56 Å². The highest BCUT2D eigenvalue weighted by atomic mass is 35.5. The molecule has 0 spiro atoms. The summed E-state index contributed by atoms with van der Waals surface area (Å²) in [7, 11) is 1.40. The van der Waals surface area contributed by atoms with Gasteiger partial charge in [-0.05, 0) is 18.2 Å². The highest BCUT2D eigenvalue weighted by Crippen LogP contribution is 2.38. The molecule has 0 saturated carbocycles. The topological polar surface area (TPSA) is 66.8 Å². The summed E-state index contributed by atoms with van der Waals surface area (Å²) in [5.74, 6) is -5.51. The molecule has 0 bridgehead atoms.